The second-order valence-electron chi connectivity index (χ2n) is 3.73. The standard InChI is InChI=1S/C10H13BN2O2/c1-6-8(5-14)10-9(15-2)3-7(11)4-13(10)12-6/h3-6,12H,11H2,1-2H3. The van der Waals surface area contributed by atoms with Gasteiger partial charge in [0.15, 0.2) is 0 Å². The van der Waals surface area contributed by atoms with Gasteiger partial charge in [0.25, 0.3) is 0 Å². The van der Waals surface area contributed by atoms with Crippen molar-refractivity contribution in [2.24, 2.45) is 0 Å². The number of allylic oxidation sites excluding steroid dienone is 2. The van der Waals surface area contributed by atoms with Crippen LogP contribution in [0.4, 0.5) is 0 Å². The Labute approximate surface area is 89.6 Å². The lowest BCUT2D eigenvalue weighted by molar-refractivity contribution is -0.105. The first-order valence-corrected chi connectivity index (χ1v) is 4.86. The molecule has 0 saturated heterocycles. The molecule has 2 aliphatic rings. The molecule has 0 fully saturated rings. The van der Waals surface area contributed by atoms with Gasteiger partial charge in [-0.3, -0.25) is 9.80 Å². The maximum Gasteiger partial charge on any atom is 0.149 e. The fourth-order valence-electron chi connectivity index (χ4n) is 1.88. The molecule has 2 aliphatic heterocycles. The molecule has 1 atom stereocenters. The van der Waals surface area contributed by atoms with E-state index in [2.05, 4.69) is 5.43 Å². The first kappa shape index (κ1) is 10.0. The van der Waals surface area contributed by atoms with Crippen LogP contribution >= 0.6 is 0 Å². The van der Waals surface area contributed by atoms with E-state index >= 15 is 0 Å². The summed E-state index contributed by atoms with van der Waals surface area (Å²) in [5.74, 6) is 0.731. The van der Waals surface area contributed by atoms with Crippen LogP contribution in [0.15, 0.2) is 34.8 Å². The molecule has 1 N–H and O–H groups in total. The van der Waals surface area contributed by atoms with Gasteiger partial charge in [-0.05, 0) is 13.0 Å². The Kier molecular flexibility index (Phi) is 2.40. The summed E-state index contributed by atoms with van der Waals surface area (Å²) in [5.41, 5.74) is 5.82. The summed E-state index contributed by atoms with van der Waals surface area (Å²) in [4.78, 5) is 11.0. The zero-order valence-corrected chi connectivity index (χ0v) is 9.07. The Bertz CT molecular complexity index is 398. The predicted molar refractivity (Wildman–Crippen MR) is 59.2 cm³/mol. The Balaban J connectivity index is 2.51. The van der Waals surface area contributed by atoms with Gasteiger partial charge in [0.05, 0.1) is 13.2 Å². The number of hydrazine groups is 1. The minimum Gasteiger partial charge on any atom is -0.495 e. The number of carbonyl (C=O) groups is 1. The number of aldehydes is 1. The molecular formula is C10H13BN2O2. The average Bonchev–Trinajstić information content (AvgIpc) is 2.52. The lowest BCUT2D eigenvalue weighted by Gasteiger charge is -2.24. The number of hydrogen-bond acceptors (Lipinski definition) is 4. The third-order valence-corrected chi connectivity index (χ3v) is 2.59. The molecule has 0 aromatic rings. The van der Waals surface area contributed by atoms with E-state index in [1.807, 2.05) is 32.1 Å². The Morgan fingerprint density at radius 1 is 1.67 bits per heavy atom. The summed E-state index contributed by atoms with van der Waals surface area (Å²) >= 11 is 0. The van der Waals surface area contributed by atoms with Gasteiger partial charge >= 0.3 is 0 Å². The summed E-state index contributed by atoms with van der Waals surface area (Å²) < 4.78 is 5.28. The Hall–Kier alpha value is -1.49. The van der Waals surface area contributed by atoms with E-state index in [9.17, 15) is 4.79 Å². The van der Waals surface area contributed by atoms with Crippen LogP contribution in [0.3, 0.4) is 0 Å². The topological polar surface area (TPSA) is 41.6 Å². The lowest BCUT2D eigenvalue weighted by atomic mass is 9.93. The number of ether oxygens (including phenoxy) is 1. The SMILES string of the molecule is BC1=CN2NC(C)C(C=O)=C2C(OC)=C1. The first-order valence-electron chi connectivity index (χ1n) is 4.86. The van der Waals surface area contributed by atoms with E-state index in [1.54, 1.807) is 7.11 Å². The van der Waals surface area contributed by atoms with Crippen LogP contribution in [-0.2, 0) is 9.53 Å². The molecule has 78 valence electrons. The summed E-state index contributed by atoms with van der Waals surface area (Å²) in [6, 6.07) is 0.0261. The van der Waals surface area contributed by atoms with Crippen LogP contribution in [-0.4, -0.2) is 32.3 Å². The van der Waals surface area contributed by atoms with Crippen LogP contribution in [0.2, 0.25) is 0 Å². The summed E-state index contributed by atoms with van der Waals surface area (Å²) in [5, 5.41) is 1.85. The van der Waals surface area contributed by atoms with E-state index in [1.165, 1.54) is 0 Å². The molecule has 0 aliphatic carbocycles. The second kappa shape index (κ2) is 3.58. The zero-order valence-electron chi connectivity index (χ0n) is 9.07. The van der Waals surface area contributed by atoms with Crippen molar-refractivity contribution >= 4 is 14.1 Å². The zero-order chi connectivity index (χ0) is 11.0. The van der Waals surface area contributed by atoms with Gasteiger partial charge in [-0.1, -0.05) is 5.47 Å². The van der Waals surface area contributed by atoms with E-state index in [4.69, 9.17) is 4.74 Å². The third-order valence-electron chi connectivity index (χ3n) is 2.59. The van der Waals surface area contributed by atoms with Gasteiger partial charge < -0.3 is 4.74 Å². The van der Waals surface area contributed by atoms with Gasteiger partial charge in [-0.15, -0.1) is 0 Å². The van der Waals surface area contributed by atoms with Crippen LogP contribution < -0.4 is 5.43 Å². The van der Waals surface area contributed by atoms with E-state index in [0.29, 0.717) is 0 Å². The van der Waals surface area contributed by atoms with Crippen LogP contribution in [0, 0.1) is 0 Å². The van der Waals surface area contributed by atoms with Gasteiger partial charge in [-0.25, -0.2) is 5.43 Å². The molecule has 4 nitrogen and oxygen atoms in total. The quantitative estimate of drug-likeness (QED) is 0.493. The molecule has 0 radical (unpaired) electrons. The fourth-order valence-corrected chi connectivity index (χ4v) is 1.88. The van der Waals surface area contributed by atoms with Crippen LogP contribution in [0.25, 0.3) is 0 Å². The summed E-state index contributed by atoms with van der Waals surface area (Å²) in [7, 11) is 3.60. The molecule has 15 heavy (non-hydrogen) atoms. The largest absolute Gasteiger partial charge is 0.495 e. The highest BCUT2D eigenvalue weighted by Gasteiger charge is 2.31. The molecular weight excluding hydrogens is 191 g/mol. The highest BCUT2D eigenvalue weighted by Crippen LogP contribution is 2.30. The fraction of sp³-hybridized carbons (Fsp3) is 0.300. The molecule has 0 saturated carbocycles. The van der Waals surface area contributed by atoms with Gasteiger partial charge in [0.1, 0.15) is 25.6 Å². The Morgan fingerprint density at radius 2 is 2.40 bits per heavy atom. The van der Waals surface area contributed by atoms with E-state index in [0.717, 1.165) is 28.8 Å². The molecule has 0 amide bonds. The first-order chi connectivity index (χ1) is 7.17. The smallest absolute Gasteiger partial charge is 0.149 e. The lowest BCUT2D eigenvalue weighted by Crippen LogP contribution is -2.33. The van der Waals surface area contributed by atoms with Crippen molar-refractivity contribution in [2.45, 2.75) is 13.0 Å². The van der Waals surface area contributed by atoms with Crippen molar-refractivity contribution in [2.75, 3.05) is 7.11 Å². The molecule has 0 bridgehead atoms. The average molecular weight is 204 g/mol. The van der Waals surface area contributed by atoms with Crippen molar-refractivity contribution in [3.63, 3.8) is 0 Å². The van der Waals surface area contributed by atoms with E-state index in [-0.39, 0.29) is 6.04 Å². The van der Waals surface area contributed by atoms with Crippen molar-refractivity contribution in [1.82, 2.24) is 10.4 Å². The highest BCUT2D eigenvalue weighted by atomic mass is 16.5. The molecule has 5 heteroatoms. The van der Waals surface area contributed by atoms with Crippen molar-refractivity contribution < 1.29 is 9.53 Å². The number of fused-ring (bicyclic) bond motifs is 1. The normalized spacial score (nSPS) is 24.7. The molecule has 1 unspecified atom stereocenters. The minimum absolute atomic E-state index is 0.0261. The molecule has 2 rings (SSSR count). The van der Waals surface area contributed by atoms with Crippen molar-refractivity contribution in [1.29, 1.82) is 0 Å². The number of carbonyl (C=O) groups excluding carboxylic acids is 1. The monoisotopic (exact) mass is 204 g/mol. The maximum absolute atomic E-state index is 11.0. The summed E-state index contributed by atoms with van der Waals surface area (Å²) in [6.45, 7) is 1.95. The summed E-state index contributed by atoms with van der Waals surface area (Å²) in [6.07, 6.45) is 4.76. The Morgan fingerprint density at radius 3 is 3.00 bits per heavy atom. The highest BCUT2D eigenvalue weighted by molar-refractivity contribution is 6.23. The molecule has 0 spiro atoms. The van der Waals surface area contributed by atoms with Crippen LogP contribution in [0.5, 0.6) is 0 Å². The molecule has 2 heterocycles. The number of hydrogen-bond donors (Lipinski definition) is 1. The van der Waals surface area contributed by atoms with Crippen LogP contribution in [0.1, 0.15) is 6.92 Å². The second-order valence-corrected chi connectivity index (χ2v) is 3.73. The molecule has 0 aromatic heterocycles. The third kappa shape index (κ3) is 1.49. The van der Waals surface area contributed by atoms with Gasteiger partial charge in [0.2, 0.25) is 0 Å². The predicted octanol–water partition coefficient (Wildman–Crippen LogP) is -0.334. The molecule has 0 aromatic carbocycles. The number of nitrogens with zero attached hydrogens (tertiary/aromatic N) is 1. The van der Waals surface area contributed by atoms with Gasteiger partial charge in [-0.2, -0.15) is 0 Å². The number of nitrogens with one attached hydrogen (secondary N) is 1. The van der Waals surface area contributed by atoms with Crippen molar-refractivity contribution in [3.05, 3.63) is 34.8 Å². The minimum atomic E-state index is 0.0261. The number of rotatable bonds is 2. The number of methoxy groups -OCH3 is 1. The maximum atomic E-state index is 11.0. The van der Waals surface area contributed by atoms with E-state index < -0.39 is 0 Å². The van der Waals surface area contributed by atoms with Crippen molar-refractivity contribution in [3.8, 4) is 0 Å². The van der Waals surface area contributed by atoms with Gasteiger partial charge in [0, 0.05) is 11.8 Å².